The van der Waals surface area contributed by atoms with E-state index in [4.69, 9.17) is 9.47 Å². The minimum Gasteiger partial charge on any atom is -0.353 e. The molecule has 0 unspecified atom stereocenters. The molecule has 0 amide bonds. The Kier molecular flexibility index (Phi) is 7.37. The van der Waals surface area contributed by atoms with Gasteiger partial charge in [-0.1, -0.05) is 28.1 Å². The van der Waals surface area contributed by atoms with E-state index in [0.717, 1.165) is 24.8 Å². The van der Waals surface area contributed by atoms with Crippen molar-refractivity contribution >= 4 is 15.9 Å². The molecule has 0 aromatic carbocycles. The van der Waals surface area contributed by atoms with Crippen LogP contribution in [-0.4, -0.2) is 24.8 Å². The zero-order chi connectivity index (χ0) is 10.1. The summed E-state index contributed by atoms with van der Waals surface area (Å²) in [6.45, 7) is 1.55. The van der Waals surface area contributed by atoms with Crippen molar-refractivity contribution in [3.8, 4) is 0 Å². The Balaban J connectivity index is 1.94. The van der Waals surface area contributed by atoms with Gasteiger partial charge in [0.05, 0.1) is 6.61 Å². The molecule has 0 saturated carbocycles. The molecule has 1 rings (SSSR count). The summed E-state index contributed by atoms with van der Waals surface area (Å²) in [5.74, 6) is 0. The average molecular weight is 263 g/mol. The molecule has 1 aliphatic heterocycles. The highest BCUT2D eigenvalue weighted by molar-refractivity contribution is 9.09. The van der Waals surface area contributed by atoms with Crippen LogP contribution in [0.25, 0.3) is 0 Å². The van der Waals surface area contributed by atoms with Crippen LogP contribution in [0.4, 0.5) is 0 Å². The van der Waals surface area contributed by atoms with Gasteiger partial charge >= 0.3 is 0 Å². The molecule has 1 heterocycles. The topological polar surface area (TPSA) is 18.5 Å². The summed E-state index contributed by atoms with van der Waals surface area (Å²) in [7, 11) is 0. The van der Waals surface area contributed by atoms with Crippen molar-refractivity contribution in [3.05, 3.63) is 12.2 Å². The number of rotatable bonds is 6. The number of alkyl halides is 1. The second-order valence-electron chi connectivity index (χ2n) is 3.43. The van der Waals surface area contributed by atoms with E-state index in [1.165, 1.54) is 19.3 Å². The van der Waals surface area contributed by atoms with E-state index >= 15 is 0 Å². The Hall–Kier alpha value is 0.140. The smallest absolute Gasteiger partial charge is 0.157 e. The van der Waals surface area contributed by atoms with Crippen LogP contribution in [0.15, 0.2) is 12.2 Å². The second kappa shape index (κ2) is 8.45. The van der Waals surface area contributed by atoms with Crippen LogP contribution in [0.2, 0.25) is 0 Å². The Morgan fingerprint density at radius 2 is 2.29 bits per heavy atom. The standard InChI is InChI=1S/C11H19BrO2/c12-8-4-1-2-5-9-13-11-7-3-6-10-14-11/h2,5,11H,1,3-4,6-10H2/b5-2+/t11-/m1/s1. The van der Waals surface area contributed by atoms with Gasteiger partial charge in [-0.05, 0) is 32.1 Å². The lowest BCUT2D eigenvalue weighted by atomic mass is 10.2. The van der Waals surface area contributed by atoms with Crippen LogP contribution < -0.4 is 0 Å². The summed E-state index contributed by atoms with van der Waals surface area (Å²) in [5.41, 5.74) is 0. The Morgan fingerprint density at radius 3 is 3.00 bits per heavy atom. The van der Waals surface area contributed by atoms with Crippen LogP contribution in [-0.2, 0) is 9.47 Å². The summed E-state index contributed by atoms with van der Waals surface area (Å²) >= 11 is 3.40. The fourth-order valence-corrected chi connectivity index (χ4v) is 1.71. The Morgan fingerprint density at radius 1 is 1.36 bits per heavy atom. The quantitative estimate of drug-likeness (QED) is 0.416. The van der Waals surface area contributed by atoms with Crippen molar-refractivity contribution in [1.29, 1.82) is 0 Å². The molecule has 1 atom stereocenters. The molecule has 2 nitrogen and oxygen atoms in total. The zero-order valence-electron chi connectivity index (χ0n) is 8.58. The molecule has 0 radical (unpaired) electrons. The van der Waals surface area contributed by atoms with Crippen molar-refractivity contribution in [2.45, 2.75) is 38.4 Å². The first-order chi connectivity index (χ1) is 6.93. The minimum absolute atomic E-state index is 0.0459. The largest absolute Gasteiger partial charge is 0.353 e. The van der Waals surface area contributed by atoms with Crippen LogP contribution >= 0.6 is 15.9 Å². The SMILES string of the molecule is BrCCC/C=C/CO[C@H]1CCCCO1. The van der Waals surface area contributed by atoms with Crippen LogP contribution in [0, 0.1) is 0 Å². The van der Waals surface area contributed by atoms with E-state index < -0.39 is 0 Å². The number of ether oxygens (including phenoxy) is 2. The Labute approximate surface area is 94.8 Å². The van der Waals surface area contributed by atoms with Gasteiger partial charge in [0.15, 0.2) is 6.29 Å². The van der Waals surface area contributed by atoms with E-state index in [0.29, 0.717) is 6.61 Å². The van der Waals surface area contributed by atoms with Crippen LogP contribution in [0.3, 0.4) is 0 Å². The Bertz CT molecular complexity index is 153. The molecule has 0 N–H and O–H groups in total. The predicted molar refractivity (Wildman–Crippen MR) is 61.7 cm³/mol. The molecule has 3 heteroatoms. The summed E-state index contributed by atoms with van der Waals surface area (Å²) in [5, 5.41) is 1.07. The van der Waals surface area contributed by atoms with Crippen LogP contribution in [0.1, 0.15) is 32.1 Å². The van der Waals surface area contributed by atoms with Crippen molar-refractivity contribution < 1.29 is 9.47 Å². The highest BCUT2D eigenvalue weighted by atomic mass is 79.9. The van der Waals surface area contributed by atoms with Crippen molar-refractivity contribution in [3.63, 3.8) is 0 Å². The third-order valence-corrected chi connectivity index (χ3v) is 2.75. The lowest BCUT2D eigenvalue weighted by molar-refractivity contribution is -0.155. The molecule has 0 spiro atoms. The minimum atomic E-state index is 0.0459. The molecule has 1 saturated heterocycles. The van der Waals surface area contributed by atoms with Gasteiger partial charge in [-0.25, -0.2) is 0 Å². The summed E-state index contributed by atoms with van der Waals surface area (Å²) < 4.78 is 11.0. The van der Waals surface area contributed by atoms with E-state index in [1.54, 1.807) is 0 Å². The van der Waals surface area contributed by atoms with Crippen molar-refractivity contribution in [2.75, 3.05) is 18.5 Å². The molecule has 82 valence electrons. The predicted octanol–water partition coefficient (Wildman–Crippen LogP) is 3.26. The van der Waals surface area contributed by atoms with Gasteiger partial charge in [0.1, 0.15) is 0 Å². The highest BCUT2D eigenvalue weighted by Crippen LogP contribution is 2.13. The number of hydrogen-bond donors (Lipinski definition) is 0. The number of unbranched alkanes of at least 4 members (excludes halogenated alkanes) is 1. The van der Waals surface area contributed by atoms with Crippen molar-refractivity contribution in [1.82, 2.24) is 0 Å². The van der Waals surface area contributed by atoms with E-state index in [2.05, 4.69) is 28.1 Å². The molecule has 1 fully saturated rings. The molecule has 14 heavy (non-hydrogen) atoms. The van der Waals surface area contributed by atoms with Crippen LogP contribution in [0.5, 0.6) is 0 Å². The number of allylic oxidation sites excluding steroid dienone is 1. The van der Waals surface area contributed by atoms with Crippen molar-refractivity contribution in [2.24, 2.45) is 0 Å². The van der Waals surface area contributed by atoms with Gasteiger partial charge in [-0.15, -0.1) is 0 Å². The first kappa shape index (κ1) is 12.2. The van der Waals surface area contributed by atoms with E-state index in [9.17, 15) is 0 Å². The maximum absolute atomic E-state index is 5.54. The van der Waals surface area contributed by atoms with Gasteiger partial charge in [-0.3, -0.25) is 0 Å². The van der Waals surface area contributed by atoms with Gasteiger partial charge in [0, 0.05) is 11.9 Å². The lowest BCUT2D eigenvalue weighted by Gasteiger charge is -2.21. The van der Waals surface area contributed by atoms with E-state index in [1.807, 2.05) is 0 Å². The zero-order valence-corrected chi connectivity index (χ0v) is 10.2. The molecular formula is C11H19BrO2. The highest BCUT2D eigenvalue weighted by Gasteiger charge is 2.12. The molecule has 0 aliphatic carbocycles. The number of halogens is 1. The summed E-state index contributed by atoms with van der Waals surface area (Å²) in [6, 6.07) is 0. The van der Waals surface area contributed by atoms with Gasteiger partial charge < -0.3 is 9.47 Å². The molecular weight excluding hydrogens is 244 g/mol. The second-order valence-corrected chi connectivity index (χ2v) is 4.23. The summed E-state index contributed by atoms with van der Waals surface area (Å²) in [4.78, 5) is 0. The first-order valence-electron chi connectivity index (χ1n) is 5.37. The number of hydrogen-bond acceptors (Lipinski definition) is 2. The molecule has 0 bridgehead atoms. The van der Waals surface area contributed by atoms with E-state index in [-0.39, 0.29) is 6.29 Å². The molecule has 1 aliphatic rings. The lowest BCUT2D eigenvalue weighted by Crippen LogP contribution is -2.22. The maximum Gasteiger partial charge on any atom is 0.157 e. The normalized spacial score (nSPS) is 23.1. The average Bonchev–Trinajstić information content (AvgIpc) is 2.25. The third kappa shape index (κ3) is 5.78. The third-order valence-electron chi connectivity index (χ3n) is 2.19. The molecule has 0 aromatic heterocycles. The van der Waals surface area contributed by atoms with Gasteiger partial charge in [0.2, 0.25) is 0 Å². The molecule has 0 aromatic rings. The fourth-order valence-electron chi connectivity index (χ4n) is 1.39. The monoisotopic (exact) mass is 262 g/mol. The first-order valence-corrected chi connectivity index (χ1v) is 6.50. The van der Waals surface area contributed by atoms with Gasteiger partial charge in [0.25, 0.3) is 0 Å². The maximum atomic E-state index is 5.54. The fraction of sp³-hybridized carbons (Fsp3) is 0.818. The summed E-state index contributed by atoms with van der Waals surface area (Å²) in [6.07, 6.45) is 10.1. The van der Waals surface area contributed by atoms with Gasteiger partial charge in [-0.2, -0.15) is 0 Å².